The van der Waals surface area contributed by atoms with Crippen LogP contribution < -0.4 is 4.74 Å². The molecule has 0 heterocycles. The van der Waals surface area contributed by atoms with Crippen LogP contribution in [0.5, 0.6) is 11.5 Å². The third kappa shape index (κ3) is 16.6. The predicted octanol–water partition coefficient (Wildman–Crippen LogP) is 27.5. The van der Waals surface area contributed by atoms with Crippen LogP contribution in [0.25, 0.3) is 111 Å². The van der Waals surface area contributed by atoms with Gasteiger partial charge in [0.15, 0.2) is 0 Å². The molecule has 0 amide bonds. The molecule has 0 saturated heterocycles. The van der Waals surface area contributed by atoms with E-state index in [1.807, 2.05) is 152 Å². The predicted molar refractivity (Wildman–Crippen MR) is 474 cm³/mol. The summed E-state index contributed by atoms with van der Waals surface area (Å²) in [6.45, 7) is 2.16. The highest BCUT2D eigenvalue weighted by Gasteiger charge is 2.27. The highest BCUT2D eigenvalue weighted by Crippen LogP contribution is 2.53. The van der Waals surface area contributed by atoms with Crippen molar-refractivity contribution in [3.63, 3.8) is 0 Å². The normalized spacial score (nSPS) is 10.5. The molecule has 0 aromatic heterocycles. The lowest BCUT2D eigenvalue weighted by Crippen LogP contribution is -1.99. The molecule has 17 rings (SSSR count). The monoisotopic (exact) mass is 1440 g/mol. The molecule has 530 valence electrons. The van der Waals surface area contributed by atoms with Gasteiger partial charge in [-0.25, -0.2) is 0 Å². The molecule has 0 aliphatic carbocycles. The standard InChI is InChI=1S/C113H72O/c1-81-25-23-41-100(77-81)106-79-104(92-61-53-87(54-62-92)47-43-82-26-9-2-10-27-82)108(112(94-37-19-7-20-38-94)110(106)96-65-57-89(58-66-96)49-45-84-30-13-4-14-31-84)98-69-73-102(74-70-98)114-103-75-71-99(72-76-103)109-105(93-63-55-88(56-64-93)48-44-83-28-11-3-12-29-83)80-107(101-42-24-36-91(78-101)52-51-86-34-17-6-18-35-86)111(113(109)95-39-21-8-22-40-95)97-67-59-90(60-68-97)50-46-85-32-15-5-16-33-85/h2-42,53-80H,1H3. The summed E-state index contributed by atoms with van der Waals surface area (Å²) in [7, 11) is 0. The lowest BCUT2D eigenvalue weighted by molar-refractivity contribution is 0.483. The van der Waals surface area contributed by atoms with Gasteiger partial charge >= 0.3 is 0 Å². The third-order valence-electron chi connectivity index (χ3n) is 20.2. The van der Waals surface area contributed by atoms with Crippen molar-refractivity contribution in [2.75, 3.05) is 0 Å². The van der Waals surface area contributed by atoms with E-state index < -0.39 is 0 Å². The molecular formula is C113H72O. The molecule has 114 heavy (non-hydrogen) atoms. The van der Waals surface area contributed by atoms with E-state index >= 15 is 0 Å². The van der Waals surface area contributed by atoms with Crippen LogP contribution in [0.15, 0.2) is 419 Å². The van der Waals surface area contributed by atoms with Gasteiger partial charge in [0.2, 0.25) is 0 Å². The lowest BCUT2D eigenvalue weighted by atomic mass is 9.78. The SMILES string of the molecule is Cc1cccc(-c2cc(-c3ccc(C#Cc4ccccc4)cc3)c(-c3ccc(Oc4ccc(-c5c(-c6ccc(C#Cc7ccccc7)cc6)cc(-c6cccc(C#Cc7ccccc7)c6)c(-c6ccc(C#Cc7ccccc7)cc6)c5-c5ccccc5)cc4)cc3)c(-c3ccccc3)c2-c2ccc(C#Cc3ccccc3)cc2)c1. The summed E-state index contributed by atoms with van der Waals surface area (Å²) in [4.78, 5) is 0. The average Bonchev–Trinajstić information content (AvgIpc) is 0.740. The Bertz CT molecular complexity index is 6630. The molecular weight excluding hydrogens is 1370 g/mol. The number of rotatable bonds is 12. The topological polar surface area (TPSA) is 9.23 Å². The summed E-state index contributed by atoms with van der Waals surface area (Å²) in [5, 5.41) is 0. The number of hydrogen-bond donors (Lipinski definition) is 0. The maximum absolute atomic E-state index is 7.03. The molecule has 0 bridgehead atoms. The van der Waals surface area contributed by atoms with Gasteiger partial charge in [0.1, 0.15) is 11.5 Å². The van der Waals surface area contributed by atoms with Crippen LogP contribution in [-0.4, -0.2) is 0 Å². The second kappa shape index (κ2) is 33.9. The van der Waals surface area contributed by atoms with Crippen LogP contribution in [-0.2, 0) is 0 Å². The Morgan fingerprint density at radius 2 is 0.360 bits per heavy atom. The minimum Gasteiger partial charge on any atom is -0.457 e. The van der Waals surface area contributed by atoms with Crippen molar-refractivity contribution < 1.29 is 4.74 Å². The van der Waals surface area contributed by atoms with E-state index in [-0.39, 0.29) is 0 Å². The zero-order valence-corrected chi connectivity index (χ0v) is 62.7. The van der Waals surface area contributed by atoms with Gasteiger partial charge in [-0.3, -0.25) is 0 Å². The maximum atomic E-state index is 7.03. The first-order chi connectivity index (χ1) is 56.4. The first kappa shape index (κ1) is 71.3. The van der Waals surface area contributed by atoms with E-state index in [1.54, 1.807) is 0 Å². The summed E-state index contributed by atoms with van der Waals surface area (Å²) >= 11 is 0. The molecule has 0 aliphatic heterocycles. The zero-order valence-electron chi connectivity index (χ0n) is 62.7. The van der Waals surface area contributed by atoms with Crippen molar-refractivity contribution in [1.29, 1.82) is 0 Å². The van der Waals surface area contributed by atoms with E-state index in [0.717, 1.165) is 167 Å². The van der Waals surface area contributed by atoms with Gasteiger partial charge in [-0.15, -0.1) is 0 Å². The summed E-state index contributed by atoms with van der Waals surface area (Å²) < 4.78 is 7.03. The molecule has 1 nitrogen and oxygen atoms in total. The lowest BCUT2D eigenvalue weighted by Gasteiger charge is -2.25. The van der Waals surface area contributed by atoms with Crippen molar-refractivity contribution in [1.82, 2.24) is 0 Å². The Balaban J connectivity index is 0.808. The van der Waals surface area contributed by atoms with Gasteiger partial charge in [-0.05, 0) is 276 Å². The van der Waals surface area contributed by atoms with E-state index in [0.29, 0.717) is 11.5 Å². The molecule has 0 radical (unpaired) electrons. The number of aryl methyl sites for hydroxylation is 1. The van der Waals surface area contributed by atoms with Crippen LogP contribution in [0.2, 0.25) is 0 Å². The van der Waals surface area contributed by atoms with Crippen LogP contribution in [0.1, 0.15) is 61.2 Å². The van der Waals surface area contributed by atoms with Gasteiger partial charge in [-0.1, -0.05) is 326 Å². The van der Waals surface area contributed by atoms with E-state index in [9.17, 15) is 0 Å². The highest BCUT2D eigenvalue weighted by molar-refractivity contribution is 6.09. The minimum atomic E-state index is 0.691. The van der Waals surface area contributed by atoms with Crippen LogP contribution >= 0.6 is 0 Å². The average molecular weight is 1450 g/mol. The zero-order chi connectivity index (χ0) is 76.6. The van der Waals surface area contributed by atoms with E-state index in [4.69, 9.17) is 4.74 Å². The van der Waals surface area contributed by atoms with Gasteiger partial charge in [-0.2, -0.15) is 0 Å². The first-order valence-electron chi connectivity index (χ1n) is 38.3. The molecule has 0 spiro atoms. The molecule has 17 aromatic rings. The summed E-state index contributed by atoms with van der Waals surface area (Å²) in [6.07, 6.45) is 0. The summed E-state index contributed by atoms with van der Waals surface area (Å²) in [5.41, 5.74) is 32.0. The van der Waals surface area contributed by atoms with Crippen molar-refractivity contribution >= 4 is 0 Å². The van der Waals surface area contributed by atoms with Crippen LogP contribution in [0.4, 0.5) is 0 Å². The Morgan fingerprint density at radius 3 is 0.658 bits per heavy atom. The Morgan fingerprint density at radius 1 is 0.149 bits per heavy atom. The van der Waals surface area contributed by atoms with Gasteiger partial charge in [0.05, 0.1) is 0 Å². The van der Waals surface area contributed by atoms with Crippen molar-refractivity contribution in [2.45, 2.75) is 6.92 Å². The smallest absolute Gasteiger partial charge is 0.127 e. The molecule has 0 unspecified atom stereocenters. The highest BCUT2D eigenvalue weighted by atomic mass is 16.5. The maximum Gasteiger partial charge on any atom is 0.127 e. The Kier molecular flexibility index (Phi) is 21.2. The first-order valence-corrected chi connectivity index (χ1v) is 38.3. The second-order valence-corrected chi connectivity index (χ2v) is 27.9. The number of benzene rings is 17. The Labute approximate surface area is 668 Å². The quantitative estimate of drug-likeness (QED) is 0.111. The van der Waals surface area contributed by atoms with Crippen molar-refractivity contribution in [3.05, 3.63) is 480 Å². The largest absolute Gasteiger partial charge is 0.457 e. The molecule has 0 atom stereocenters. The molecule has 17 aromatic carbocycles. The van der Waals surface area contributed by atoms with Crippen LogP contribution in [0.3, 0.4) is 0 Å². The molecule has 0 fully saturated rings. The summed E-state index contributed by atoms with van der Waals surface area (Å²) in [6, 6.07) is 147. The molecule has 0 N–H and O–H groups in total. The van der Waals surface area contributed by atoms with Crippen molar-refractivity contribution in [3.8, 4) is 182 Å². The van der Waals surface area contributed by atoms with E-state index in [1.165, 1.54) is 5.56 Å². The fourth-order valence-corrected chi connectivity index (χ4v) is 14.6. The van der Waals surface area contributed by atoms with Gasteiger partial charge in [0.25, 0.3) is 0 Å². The third-order valence-corrected chi connectivity index (χ3v) is 20.2. The number of ether oxygens (including phenoxy) is 1. The summed E-state index contributed by atoms with van der Waals surface area (Å²) in [5.74, 6) is 35.6. The minimum absolute atomic E-state index is 0.691. The van der Waals surface area contributed by atoms with Crippen LogP contribution in [0, 0.1) is 66.1 Å². The molecule has 1 heteroatoms. The van der Waals surface area contributed by atoms with Gasteiger partial charge < -0.3 is 4.74 Å². The number of hydrogen-bond acceptors (Lipinski definition) is 1. The van der Waals surface area contributed by atoms with Crippen molar-refractivity contribution in [2.24, 2.45) is 0 Å². The second-order valence-electron chi connectivity index (χ2n) is 27.9. The fourth-order valence-electron chi connectivity index (χ4n) is 14.6. The Hall–Kier alpha value is -15.7. The van der Waals surface area contributed by atoms with E-state index in [2.05, 4.69) is 333 Å². The molecule has 0 aliphatic rings. The fraction of sp³-hybridized carbons (Fsp3) is 0.00885. The molecule has 0 saturated carbocycles. The van der Waals surface area contributed by atoms with Gasteiger partial charge in [0, 0.05) is 55.6 Å².